The maximum Gasteiger partial charge on any atom is 0.0295 e. The third kappa shape index (κ3) is 4.09. The molecule has 0 radical (unpaired) electrons. The van der Waals surface area contributed by atoms with Crippen molar-refractivity contribution < 1.29 is 0 Å². The molecule has 1 aromatic rings. The average molecular weight is 273 g/mol. The first-order valence-electron chi connectivity index (χ1n) is 8.61. The molecule has 2 rings (SSSR count). The van der Waals surface area contributed by atoms with Crippen LogP contribution in [0.2, 0.25) is 0 Å². The fourth-order valence-electron chi connectivity index (χ4n) is 3.61. The highest BCUT2D eigenvalue weighted by atomic mass is 14.6. The van der Waals surface area contributed by atoms with Gasteiger partial charge in [-0.3, -0.25) is 0 Å². The summed E-state index contributed by atoms with van der Waals surface area (Å²) in [4.78, 5) is 0. The minimum Gasteiger partial charge on any atom is -0.324 e. The normalized spacial score (nSPS) is 18.1. The molecule has 1 nitrogen and oxygen atoms in total. The highest BCUT2D eigenvalue weighted by Crippen LogP contribution is 2.30. The Morgan fingerprint density at radius 1 is 1.05 bits per heavy atom. The van der Waals surface area contributed by atoms with Crippen molar-refractivity contribution in [1.29, 1.82) is 0 Å². The molecule has 0 aromatic heterocycles. The topological polar surface area (TPSA) is 26.0 Å². The molecule has 1 saturated carbocycles. The Balaban J connectivity index is 1.92. The SMILES string of the molecule is CCc1ccc(C(N)CCC2CCCCC2)cc1CC. The van der Waals surface area contributed by atoms with Crippen LogP contribution in [0.5, 0.6) is 0 Å². The van der Waals surface area contributed by atoms with Crippen LogP contribution in [0.4, 0.5) is 0 Å². The van der Waals surface area contributed by atoms with Gasteiger partial charge in [-0.15, -0.1) is 0 Å². The summed E-state index contributed by atoms with van der Waals surface area (Å²) in [6, 6.07) is 7.12. The summed E-state index contributed by atoms with van der Waals surface area (Å²) in [6.07, 6.45) is 11.9. The average Bonchev–Trinajstić information content (AvgIpc) is 2.52. The molecule has 20 heavy (non-hydrogen) atoms. The highest BCUT2D eigenvalue weighted by molar-refractivity contribution is 5.33. The van der Waals surface area contributed by atoms with Crippen molar-refractivity contribution in [3.05, 3.63) is 34.9 Å². The molecular formula is C19H31N. The minimum atomic E-state index is 0.230. The van der Waals surface area contributed by atoms with Crippen molar-refractivity contribution in [3.63, 3.8) is 0 Å². The van der Waals surface area contributed by atoms with Gasteiger partial charge in [0.15, 0.2) is 0 Å². The molecule has 1 aromatic carbocycles. The Bertz CT molecular complexity index is 404. The van der Waals surface area contributed by atoms with E-state index < -0.39 is 0 Å². The first-order valence-corrected chi connectivity index (χ1v) is 8.61. The molecule has 1 atom stereocenters. The van der Waals surface area contributed by atoms with Crippen molar-refractivity contribution in [2.75, 3.05) is 0 Å². The Morgan fingerprint density at radius 2 is 1.75 bits per heavy atom. The minimum absolute atomic E-state index is 0.230. The summed E-state index contributed by atoms with van der Waals surface area (Å²) < 4.78 is 0. The zero-order valence-corrected chi connectivity index (χ0v) is 13.3. The van der Waals surface area contributed by atoms with Crippen molar-refractivity contribution >= 4 is 0 Å². The van der Waals surface area contributed by atoms with Crippen LogP contribution in [-0.4, -0.2) is 0 Å². The van der Waals surface area contributed by atoms with E-state index in [1.54, 1.807) is 0 Å². The van der Waals surface area contributed by atoms with Crippen LogP contribution in [0.1, 0.15) is 81.5 Å². The monoisotopic (exact) mass is 273 g/mol. The van der Waals surface area contributed by atoms with E-state index in [1.165, 1.54) is 55.2 Å². The lowest BCUT2D eigenvalue weighted by Gasteiger charge is -2.23. The third-order valence-electron chi connectivity index (χ3n) is 5.03. The summed E-state index contributed by atoms with van der Waals surface area (Å²) >= 11 is 0. The quantitative estimate of drug-likeness (QED) is 0.760. The molecule has 112 valence electrons. The maximum absolute atomic E-state index is 6.43. The van der Waals surface area contributed by atoms with E-state index in [2.05, 4.69) is 32.0 Å². The lowest BCUT2D eigenvalue weighted by molar-refractivity contribution is 0.324. The molecule has 0 heterocycles. The number of hydrogen-bond donors (Lipinski definition) is 1. The molecule has 0 saturated heterocycles. The van der Waals surface area contributed by atoms with Crippen molar-refractivity contribution in [1.82, 2.24) is 0 Å². The second-order valence-corrected chi connectivity index (χ2v) is 6.42. The highest BCUT2D eigenvalue weighted by Gasteiger charge is 2.15. The van der Waals surface area contributed by atoms with E-state index in [0.717, 1.165) is 25.2 Å². The van der Waals surface area contributed by atoms with Gasteiger partial charge in [0.1, 0.15) is 0 Å². The summed E-state index contributed by atoms with van der Waals surface area (Å²) in [5.41, 5.74) is 10.7. The van der Waals surface area contributed by atoms with Gasteiger partial charge in [-0.2, -0.15) is 0 Å². The van der Waals surface area contributed by atoms with Gasteiger partial charge < -0.3 is 5.73 Å². The Kier molecular flexibility index (Phi) is 6.09. The molecule has 0 aliphatic heterocycles. The standard InChI is InChI=1S/C19H31N/c1-3-16-11-12-18(14-17(16)4-2)19(20)13-10-15-8-6-5-7-9-15/h11-12,14-15,19H,3-10,13,20H2,1-2H3. The molecule has 1 unspecified atom stereocenters. The molecule has 2 N–H and O–H groups in total. The number of nitrogens with two attached hydrogens (primary N) is 1. The van der Waals surface area contributed by atoms with E-state index in [9.17, 15) is 0 Å². The molecule has 0 amide bonds. The van der Waals surface area contributed by atoms with Crippen LogP contribution < -0.4 is 5.73 Å². The van der Waals surface area contributed by atoms with Gasteiger partial charge in [0.05, 0.1) is 0 Å². The molecular weight excluding hydrogens is 242 g/mol. The first kappa shape index (κ1) is 15.6. The Morgan fingerprint density at radius 3 is 2.40 bits per heavy atom. The van der Waals surface area contributed by atoms with Crippen LogP contribution >= 0.6 is 0 Å². The van der Waals surface area contributed by atoms with Crippen LogP contribution in [0.25, 0.3) is 0 Å². The van der Waals surface area contributed by atoms with Crippen LogP contribution in [0.3, 0.4) is 0 Å². The van der Waals surface area contributed by atoms with Gasteiger partial charge in [0, 0.05) is 6.04 Å². The zero-order chi connectivity index (χ0) is 14.4. The third-order valence-corrected chi connectivity index (χ3v) is 5.03. The largest absolute Gasteiger partial charge is 0.324 e. The predicted octanol–water partition coefficient (Wildman–Crippen LogP) is 5.17. The zero-order valence-electron chi connectivity index (χ0n) is 13.3. The number of rotatable bonds is 6. The van der Waals surface area contributed by atoms with Crippen LogP contribution in [-0.2, 0) is 12.8 Å². The first-order chi connectivity index (χ1) is 9.74. The van der Waals surface area contributed by atoms with E-state index in [0.29, 0.717) is 0 Å². The number of benzene rings is 1. The Labute approximate surface area is 125 Å². The lowest BCUT2D eigenvalue weighted by Crippen LogP contribution is -2.14. The molecule has 0 bridgehead atoms. The second kappa shape index (κ2) is 7.83. The fourth-order valence-corrected chi connectivity index (χ4v) is 3.61. The smallest absolute Gasteiger partial charge is 0.0295 e. The number of aryl methyl sites for hydroxylation is 2. The van der Waals surface area contributed by atoms with Gasteiger partial charge in [-0.05, 0) is 48.3 Å². The van der Waals surface area contributed by atoms with Crippen molar-refractivity contribution in [2.45, 2.75) is 77.7 Å². The van der Waals surface area contributed by atoms with Gasteiger partial charge in [-0.1, -0.05) is 64.2 Å². The molecule has 0 spiro atoms. The summed E-state index contributed by atoms with van der Waals surface area (Å²) in [5.74, 6) is 0.940. The lowest BCUT2D eigenvalue weighted by atomic mass is 9.84. The summed E-state index contributed by atoms with van der Waals surface area (Å²) in [5, 5.41) is 0. The molecule has 1 heteroatoms. The fraction of sp³-hybridized carbons (Fsp3) is 0.684. The van der Waals surface area contributed by atoms with E-state index in [4.69, 9.17) is 5.73 Å². The van der Waals surface area contributed by atoms with Gasteiger partial charge in [0.2, 0.25) is 0 Å². The number of hydrogen-bond acceptors (Lipinski definition) is 1. The van der Waals surface area contributed by atoms with E-state index >= 15 is 0 Å². The van der Waals surface area contributed by atoms with Crippen molar-refractivity contribution in [2.24, 2.45) is 11.7 Å². The molecule has 1 aliphatic rings. The molecule has 1 fully saturated rings. The summed E-state index contributed by atoms with van der Waals surface area (Å²) in [7, 11) is 0. The predicted molar refractivity (Wildman–Crippen MR) is 87.9 cm³/mol. The van der Waals surface area contributed by atoms with Crippen LogP contribution in [0.15, 0.2) is 18.2 Å². The van der Waals surface area contributed by atoms with Gasteiger partial charge >= 0.3 is 0 Å². The Hall–Kier alpha value is -0.820. The maximum atomic E-state index is 6.43. The van der Waals surface area contributed by atoms with Crippen LogP contribution in [0, 0.1) is 5.92 Å². The molecule has 1 aliphatic carbocycles. The van der Waals surface area contributed by atoms with E-state index in [1.807, 2.05) is 0 Å². The van der Waals surface area contributed by atoms with Gasteiger partial charge in [-0.25, -0.2) is 0 Å². The van der Waals surface area contributed by atoms with Gasteiger partial charge in [0.25, 0.3) is 0 Å². The second-order valence-electron chi connectivity index (χ2n) is 6.42. The summed E-state index contributed by atoms with van der Waals surface area (Å²) in [6.45, 7) is 4.48. The van der Waals surface area contributed by atoms with E-state index in [-0.39, 0.29) is 6.04 Å². The van der Waals surface area contributed by atoms with Crippen molar-refractivity contribution in [3.8, 4) is 0 Å².